The Bertz CT molecular complexity index is 208. The lowest BCUT2D eigenvalue weighted by atomic mass is 10.0. The third-order valence-corrected chi connectivity index (χ3v) is 1.93. The molecule has 0 spiro atoms. The van der Waals surface area contributed by atoms with Gasteiger partial charge >= 0.3 is 0 Å². The first-order valence-corrected chi connectivity index (χ1v) is 5.12. The highest BCUT2D eigenvalue weighted by Gasteiger charge is 2.09. The van der Waals surface area contributed by atoms with Crippen molar-refractivity contribution < 1.29 is 0 Å². The Morgan fingerprint density at radius 2 is 1.73 bits per heavy atom. The minimum Gasteiger partial charge on any atom is -0.0629 e. The summed E-state index contributed by atoms with van der Waals surface area (Å²) >= 11 is 0. The van der Waals surface area contributed by atoms with Crippen molar-refractivity contribution in [2.45, 2.75) is 25.3 Å². The monoisotopic (exact) mass is 164 g/mol. The predicted molar refractivity (Wildman–Crippen MR) is 54.1 cm³/mol. The maximum atomic E-state index is 2.33. The molecule has 0 heterocycles. The summed E-state index contributed by atoms with van der Waals surface area (Å²) in [5.41, 5.74) is 1.47. The smallest absolute Gasteiger partial charge is 0.0104 e. The molecule has 1 heteroatoms. The lowest BCUT2D eigenvalue weighted by Gasteiger charge is -2.17. The second kappa shape index (κ2) is 3.22. The van der Waals surface area contributed by atoms with Gasteiger partial charge in [0.1, 0.15) is 0 Å². The van der Waals surface area contributed by atoms with Gasteiger partial charge in [-0.25, -0.2) is 0 Å². The van der Waals surface area contributed by atoms with E-state index < -0.39 is 0 Å². The van der Waals surface area contributed by atoms with E-state index in [1.807, 2.05) is 0 Å². The van der Waals surface area contributed by atoms with Crippen molar-refractivity contribution in [1.29, 1.82) is 0 Å². The molecule has 0 N–H and O–H groups in total. The van der Waals surface area contributed by atoms with E-state index in [1.165, 1.54) is 22.2 Å². The number of rotatable bonds is 2. The lowest BCUT2D eigenvalue weighted by molar-refractivity contribution is 0.676. The van der Waals surface area contributed by atoms with E-state index in [1.54, 1.807) is 0 Å². The van der Waals surface area contributed by atoms with E-state index in [0.717, 1.165) is 0 Å². The maximum absolute atomic E-state index is 2.33. The zero-order chi connectivity index (χ0) is 8.32. The molecule has 1 aromatic rings. The lowest BCUT2D eigenvalue weighted by Crippen LogP contribution is -2.05. The predicted octanol–water partition coefficient (Wildman–Crippen LogP) is 1.79. The van der Waals surface area contributed by atoms with E-state index in [0.29, 0.717) is 5.04 Å². The van der Waals surface area contributed by atoms with Gasteiger partial charge in [0.2, 0.25) is 0 Å². The van der Waals surface area contributed by atoms with Crippen molar-refractivity contribution in [2.24, 2.45) is 0 Å². The first kappa shape index (κ1) is 8.53. The van der Waals surface area contributed by atoms with Gasteiger partial charge in [0.05, 0.1) is 0 Å². The van der Waals surface area contributed by atoms with Crippen LogP contribution in [0.5, 0.6) is 0 Å². The molecule has 0 aliphatic heterocycles. The normalized spacial score (nSPS) is 11.8. The van der Waals surface area contributed by atoms with Crippen LogP contribution in [-0.2, 0) is 6.42 Å². The van der Waals surface area contributed by atoms with Crippen LogP contribution in [0.4, 0.5) is 0 Å². The second-order valence-corrected chi connectivity index (χ2v) is 6.93. The van der Waals surface area contributed by atoms with Crippen molar-refractivity contribution in [3.63, 3.8) is 0 Å². The topological polar surface area (TPSA) is 0 Å². The third kappa shape index (κ3) is 3.37. The molecule has 0 fully saturated rings. The van der Waals surface area contributed by atoms with Gasteiger partial charge in [-0.3, -0.25) is 0 Å². The summed E-state index contributed by atoms with van der Waals surface area (Å²) in [6.07, 6.45) is 1.22. The van der Waals surface area contributed by atoms with Crippen LogP contribution in [0.3, 0.4) is 0 Å². The molecule has 1 rings (SSSR count). The summed E-state index contributed by atoms with van der Waals surface area (Å²) in [5, 5.41) is 0.543. The Morgan fingerprint density at radius 3 is 2.18 bits per heavy atom. The van der Waals surface area contributed by atoms with Gasteiger partial charge < -0.3 is 0 Å². The SMILES string of the molecule is CC(C)([SiH3])Cc1ccccc1. The molecule has 0 saturated heterocycles. The number of hydrogen-bond acceptors (Lipinski definition) is 0. The van der Waals surface area contributed by atoms with Crippen molar-refractivity contribution in [3.05, 3.63) is 35.9 Å². The average molecular weight is 164 g/mol. The number of benzene rings is 1. The van der Waals surface area contributed by atoms with Crippen LogP contribution in [-0.4, -0.2) is 10.2 Å². The second-order valence-electron chi connectivity index (χ2n) is 4.22. The van der Waals surface area contributed by atoms with E-state index in [9.17, 15) is 0 Å². The van der Waals surface area contributed by atoms with Crippen LogP contribution >= 0.6 is 0 Å². The molecule has 0 saturated carbocycles. The fraction of sp³-hybridized carbons (Fsp3) is 0.400. The highest BCUT2D eigenvalue weighted by atomic mass is 28.1. The van der Waals surface area contributed by atoms with Gasteiger partial charge in [0.25, 0.3) is 0 Å². The molecular formula is C10H16Si. The van der Waals surface area contributed by atoms with Crippen LogP contribution in [0, 0.1) is 0 Å². The fourth-order valence-corrected chi connectivity index (χ4v) is 1.62. The highest BCUT2D eigenvalue weighted by molar-refractivity contribution is 6.14. The van der Waals surface area contributed by atoms with Gasteiger partial charge in [-0.05, 0) is 17.0 Å². The minimum absolute atomic E-state index is 0.543. The Kier molecular flexibility index (Phi) is 2.50. The maximum Gasteiger partial charge on any atom is 0.0104 e. The Balaban J connectivity index is 2.66. The summed E-state index contributed by atoms with van der Waals surface area (Å²) in [4.78, 5) is 0. The summed E-state index contributed by atoms with van der Waals surface area (Å²) in [5.74, 6) is 0. The van der Waals surface area contributed by atoms with Gasteiger partial charge in [-0.2, -0.15) is 0 Å². The van der Waals surface area contributed by atoms with Gasteiger partial charge in [0, 0.05) is 10.2 Å². The molecule has 0 amide bonds. The van der Waals surface area contributed by atoms with Crippen molar-refractivity contribution >= 4 is 10.2 Å². The van der Waals surface area contributed by atoms with E-state index in [-0.39, 0.29) is 0 Å². The molecule has 1 aromatic carbocycles. The molecule has 0 unspecified atom stereocenters. The van der Waals surface area contributed by atoms with Crippen LogP contribution in [0.25, 0.3) is 0 Å². The Hall–Kier alpha value is -0.563. The van der Waals surface area contributed by atoms with Gasteiger partial charge in [-0.15, -0.1) is 0 Å². The molecule has 0 atom stereocenters. The van der Waals surface area contributed by atoms with Gasteiger partial charge in [-0.1, -0.05) is 44.2 Å². The molecule has 0 radical (unpaired) electrons. The molecule has 60 valence electrons. The fourth-order valence-electron chi connectivity index (χ4n) is 1.21. The van der Waals surface area contributed by atoms with Crippen LogP contribution in [0.15, 0.2) is 30.3 Å². The summed E-state index contributed by atoms with van der Waals surface area (Å²) in [7, 11) is 1.26. The third-order valence-electron chi connectivity index (χ3n) is 1.58. The summed E-state index contributed by atoms with van der Waals surface area (Å²) in [6, 6.07) is 10.7. The standard InChI is InChI=1S/C10H16Si/c1-10(2,11)8-9-6-4-3-5-7-9/h3-7H,8H2,1-2,11H3. The largest absolute Gasteiger partial charge is 0.0629 e. The van der Waals surface area contributed by atoms with Gasteiger partial charge in [0.15, 0.2) is 0 Å². The zero-order valence-electron chi connectivity index (χ0n) is 7.59. The molecule has 11 heavy (non-hydrogen) atoms. The summed E-state index contributed by atoms with van der Waals surface area (Å²) < 4.78 is 0. The summed E-state index contributed by atoms with van der Waals surface area (Å²) in [6.45, 7) is 4.65. The first-order chi connectivity index (χ1) is 5.08. The van der Waals surface area contributed by atoms with Crippen molar-refractivity contribution in [1.82, 2.24) is 0 Å². The quantitative estimate of drug-likeness (QED) is 0.585. The van der Waals surface area contributed by atoms with E-state index >= 15 is 0 Å². The molecule has 0 aliphatic carbocycles. The molecule has 0 aliphatic rings. The molecule has 0 bridgehead atoms. The average Bonchev–Trinajstić information content (AvgIpc) is 1.85. The molecular weight excluding hydrogens is 148 g/mol. The number of hydrogen-bond donors (Lipinski definition) is 0. The Morgan fingerprint density at radius 1 is 1.18 bits per heavy atom. The molecule has 0 aromatic heterocycles. The highest BCUT2D eigenvalue weighted by Crippen LogP contribution is 2.23. The van der Waals surface area contributed by atoms with Crippen LogP contribution < -0.4 is 0 Å². The Labute approximate surface area is 72.1 Å². The van der Waals surface area contributed by atoms with E-state index in [4.69, 9.17) is 0 Å². The molecule has 0 nitrogen and oxygen atoms in total. The van der Waals surface area contributed by atoms with Crippen molar-refractivity contribution in [2.75, 3.05) is 0 Å². The van der Waals surface area contributed by atoms with Crippen molar-refractivity contribution in [3.8, 4) is 0 Å². The first-order valence-electron chi connectivity index (χ1n) is 4.12. The van der Waals surface area contributed by atoms with Crippen LogP contribution in [0.2, 0.25) is 5.04 Å². The van der Waals surface area contributed by atoms with E-state index in [2.05, 4.69) is 44.2 Å². The minimum atomic E-state index is 0.543. The zero-order valence-corrected chi connectivity index (χ0v) is 9.59. The van der Waals surface area contributed by atoms with Crippen LogP contribution in [0.1, 0.15) is 19.4 Å².